The third-order valence-corrected chi connectivity index (χ3v) is 8.56. The van der Waals surface area contributed by atoms with Gasteiger partial charge < -0.3 is 18.9 Å². The molecule has 2 aliphatic heterocycles. The highest BCUT2D eigenvalue weighted by Crippen LogP contribution is 2.42. The van der Waals surface area contributed by atoms with Gasteiger partial charge in [-0.05, 0) is 57.4 Å². The second-order valence-electron chi connectivity index (χ2n) is 12.0. The van der Waals surface area contributed by atoms with Gasteiger partial charge in [-0.15, -0.1) is 0 Å². The summed E-state index contributed by atoms with van der Waals surface area (Å²) in [5, 5.41) is 1.24. The summed E-state index contributed by atoms with van der Waals surface area (Å²) in [5.41, 5.74) is 6.72. The van der Waals surface area contributed by atoms with Crippen LogP contribution in [0.15, 0.2) is 36.5 Å². The van der Waals surface area contributed by atoms with E-state index in [1.165, 1.54) is 54.2 Å². The zero-order valence-electron chi connectivity index (χ0n) is 24.5. The van der Waals surface area contributed by atoms with E-state index >= 15 is 0 Å². The number of ether oxygens (including phenoxy) is 2. The minimum Gasteiger partial charge on any atom is -0.465 e. The van der Waals surface area contributed by atoms with Crippen LogP contribution in [0, 0.1) is 5.41 Å². The number of methoxy groups -OCH3 is 1. The maximum absolute atomic E-state index is 11.6. The molecule has 7 heteroatoms. The van der Waals surface area contributed by atoms with E-state index in [4.69, 9.17) is 14.5 Å². The Morgan fingerprint density at radius 1 is 1.21 bits per heavy atom. The Balaban J connectivity index is 1.66. The number of esters is 1. The Bertz CT molecular complexity index is 1330. The highest BCUT2D eigenvalue weighted by molar-refractivity contribution is 5.93. The second-order valence-corrected chi connectivity index (χ2v) is 12.0. The number of rotatable bonds is 9. The number of carbonyl (C=O) groups is 1. The SMILES string of the molecule is CCn1c(-c2cc(N3CCN4CCC[C@@H]4C3)cnc2[C@H](C)OC)c(CC(C)(C)COC(C)=O)c2ccccc21. The van der Waals surface area contributed by atoms with E-state index in [0.29, 0.717) is 12.6 Å². The lowest BCUT2D eigenvalue weighted by atomic mass is 9.84. The van der Waals surface area contributed by atoms with Crippen LogP contribution in [0.2, 0.25) is 0 Å². The van der Waals surface area contributed by atoms with Crippen molar-refractivity contribution in [1.29, 1.82) is 0 Å². The molecule has 0 spiro atoms. The molecule has 5 rings (SSSR count). The van der Waals surface area contributed by atoms with Crippen molar-refractivity contribution < 1.29 is 14.3 Å². The van der Waals surface area contributed by atoms with E-state index < -0.39 is 0 Å². The van der Waals surface area contributed by atoms with Gasteiger partial charge in [0, 0.05) is 68.1 Å². The van der Waals surface area contributed by atoms with Crippen molar-refractivity contribution in [3.63, 3.8) is 0 Å². The lowest BCUT2D eigenvalue weighted by molar-refractivity contribution is -0.143. The molecule has 1 aromatic carbocycles. The standard InChI is InChI=1S/C32H44N4O3/c1-7-36-29-13-9-8-12-26(29)28(18-32(4,5)21-39-23(3)37)31(36)27-17-25(19-33-30(27)22(2)38-6)35-16-15-34-14-10-11-24(34)20-35/h8-9,12-13,17,19,22,24H,7,10-11,14-16,18,20-21H2,1-6H3/t22-,24+/m0/s1. The third-order valence-electron chi connectivity index (χ3n) is 8.56. The van der Waals surface area contributed by atoms with Crippen molar-refractivity contribution in [2.45, 2.75) is 72.6 Å². The maximum atomic E-state index is 11.6. The topological polar surface area (TPSA) is 59.8 Å². The predicted octanol–water partition coefficient (Wildman–Crippen LogP) is 5.85. The Hall–Kier alpha value is -2.90. The van der Waals surface area contributed by atoms with Gasteiger partial charge in [0.1, 0.15) is 0 Å². The summed E-state index contributed by atoms with van der Waals surface area (Å²) in [6, 6.07) is 11.6. The molecule has 2 aromatic heterocycles. The molecule has 7 nitrogen and oxygen atoms in total. The number of pyridine rings is 1. The number of nitrogens with zero attached hydrogens (tertiary/aromatic N) is 4. The number of anilines is 1. The van der Waals surface area contributed by atoms with Gasteiger partial charge in [0.25, 0.3) is 0 Å². The first-order valence-electron chi connectivity index (χ1n) is 14.5. The molecular weight excluding hydrogens is 488 g/mol. The molecule has 0 unspecified atom stereocenters. The second kappa shape index (κ2) is 11.3. The molecule has 0 amide bonds. The fraction of sp³-hybridized carbons (Fsp3) is 0.562. The van der Waals surface area contributed by atoms with E-state index in [9.17, 15) is 4.79 Å². The Kier molecular flexibility index (Phi) is 8.01. The van der Waals surface area contributed by atoms with Crippen LogP contribution in [0.3, 0.4) is 0 Å². The Morgan fingerprint density at radius 2 is 2.00 bits per heavy atom. The van der Waals surface area contributed by atoms with Crippen LogP contribution >= 0.6 is 0 Å². The van der Waals surface area contributed by atoms with Crippen LogP contribution in [0.4, 0.5) is 5.69 Å². The van der Waals surface area contributed by atoms with Crippen molar-refractivity contribution in [3.05, 3.63) is 47.8 Å². The van der Waals surface area contributed by atoms with Gasteiger partial charge in [-0.3, -0.25) is 14.7 Å². The summed E-state index contributed by atoms with van der Waals surface area (Å²) < 4.78 is 13.8. The third kappa shape index (κ3) is 5.57. The number of hydrogen-bond acceptors (Lipinski definition) is 6. The molecule has 0 radical (unpaired) electrons. The number of fused-ring (bicyclic) bond motifs is 2. The molecule has 210 valence electrons. The molecular formula is C32H44N4O3. The average molecular weight is 533 g/mol. The minimum absolute atomic E-state index is 0.147. The molecule has 0 aliphatic carbocycles. The fourth-order valence-electron chi connectivity index (χ4n) is 6.51. The number of aryl methyl sites for hydroxylation is 1. The van der Waals surface area contributed by atoms with Gasteiger partial charge in [-0.25, -0.2) is 0 Å². The first-order chi connectivity index (χ1) is 18.7. The minimum atomic E-state index is -0.241. The van der Waals surface area contributed by atoms with Crippen LogP contribution in [0.5, 0.6) is 0 Å². The first kappa shape index (κ1) is 27.7. The molecule has 39 heavy (non-hydrogen) atoms. The Labute approximate surface area is 233 Å². The number of carbonyl (C=O) groups excluding carboxylic acids is 1. The van der Waals surface area contributed by atoms with E-state index in [-0.39, 0.29) is 17.5 Å². The normalized spacial score (nSPS) is 18.9. The first-order valence-corrected chi connectivity index (χ1v) is 14.5. The number of hydrogen-bond donors (Lipinski definition) is 0. The number of piperazine rings is 1. The molecule has 4 heterocycles. The lowest BCUT2D eigenvalue weighted by Gasteiger charge is -2.39. The quantitative estimate of drug-likeness (QED) is 0.323. The molecule has 2 saturated heterocycles. The van der Waals surface area contributed by atoms with Crippen molar-refractivity contribution in [1.82, 2.24) is 14.5 Å². The number of aromatic nitrogens is 2. The summed E-state index contributed by atoms with van der Waals surface area (Å²) in [7, 11) is 1.75. The monoisotopic (exact) mass is 532 g/mol. The van der Waals surface area contributed by atoms with Crippen LogP contribution in [0.1, 0.15) is 64.8 Å². The maximum Gasteiger partial charge on any atom is 0.302 e. The summed E-state index contributed by atoms with van der Waals surface area (Å²) in [5.74, 6) is -0.241. The fourth-order valence-corrected chi connectivity index (χ4v) is 6.51. The molecule has 2 aliphatic rings. The van der Waals surface area contributed by atoms with Crippen molar-refractivity contribution in [2.75, 3.05) is 44.8 Å². The van der Waals surface area contributed by atoms with Crippen molar-refractivity contribution >= 4 is 22.6 Å². The van der Waals surface area contributed by atoms with E-state index in [2.05, 4.69) is 72.4 Å². The molecule has 0 saturated carbocycles. The molecule has 3 aromatic rings. The summed E-state index contributed by atoms with van der Waals surface area (Å²) in [6.07, 6.45) is 5.25. The van der Waals surface area contributed by atoms with E-state index in [1.807, 2.05) is 6.20 Å². The van der Waals surface area contributed by atoms with E-state index in [1.54, 1.807) is 7.11 Å². The van der Waals surface area contributed by atoms with Gasteiger partial charge in [-0.2, -0.15) is 0 Å². The van der Waals surface area contributed by atoms with Crippen molar-refractivity contribution in [3.8, 4) is 11.3 Å². The summed E-state index contributed by atoms with van der Waals surface area (Å²) in [4.78, 5) is 21.9. The van der Waals surface area contributed by atoms with Crippen LogP contribution in [-0.2, 0) is 27.2 Å². The molecule has 2 fully saturated rings. The van der Waals surface area contributed by atoms with Gasteiger partial charge >= 0.3 is 5.97 Å². The van der Waals surface area contributed by atoms with Crippen molar-refractivity contribution in [2.24, 2.45) is 5.41 Å². The molecule has 0 bridgehead atoms. The van der Waals surface area contributed by atoms with Gasteiger partial charge in [0.15, 0.2) is 0 Å². The number of para-hydroxylation sites is 1. The molecule has 2 atom stereocenters. The largest absolute Gasteiger partial charge is 0.465 e. The van der Waals surface area contributed by atoms with E-state index in [0.717, 1.165) is 43.9 Å². The zero-order chi connectivity index (χ0) is 27.7. The van der Waals surface area contributed by atoms with Gasteiger partial charge in [-0.1, -0.05) is 32.0 Å². The van der Waals surface area contributed by atoms with Gasteiger partial charge in [0.2, 0.25) is 0 Å². The predicted molar refractivity (Wildman–Crippen MR) is 157 cm³/mol. The highest BCUT2D eigenvalue weighted by atomic mass is 16.5. The van der Waals surface area contributed by atoms with Crippen LogP contribution in [-0.4, -0.2) is 66.4 Å². The average Bonchev–Trinajstić information content (AvgIpc) is 3.53. The summed E-state index contributed by atoms with van der Waals surface area (Å²) in [6.45, 7) is 15.7. The molecule has 0 N–H and O–H groups in total. The van der Waals surface area contributed by atoms with Gasteiger partial charge in [0.05, 0.1) is 36.0 Å². The summed E-state index contributed by atoms with van der Waals surface area (Å²) >= 11 is 0. The van der Waals surface area contributed by atoms with Crippen LogP contribution < -0.4 is 4.90 Å². The van der Waals surface area contributed by atoms with Crippen LogP contribution in [0.25, 0.3) is 22.2 Å². The zero-order valence-corrected chi connectivity index (χ0v) is 24.5. The highest BCUT2D eigenvalue weighted by Gasteiger charge is 2.32. The lowest BCUT2D eigenvalue weighted by Crippen LogP contribution is -2.50. The Morgan fingerprint density at radius 3 is 2.74 bits per heavy atom. The number of benzene rings is 1. The smallest absolute Gasteiger partial charge is 0.302 e.